The van der Waals surface area contributed by atoms with Gasteiger partial charge in [-0.3, -0.25) is 43.3 Å². The number of aliphatic hydroxyl groups is 1. The molecule has 0 radical (unpaired) electrons. The van der Waals surface area contributed by atoms with Crippen molar-refractivity contribution in [2.75, 3.05) is 25.1 Å². The summed E-state index contributed by atoms with van der Waals surface area (Å²) in [6.45, 7) is 1.51. The quantitative estimate of drug-likeness (QED) is 0.0434. The summed E-state index contributed by atoms with van der Waals surface area (Å²) in [7, 11) is 3.45. The Bertz CT molecular complexity index is 3210. The fraction of sp³-hybridized carbons (Fsp3) is 0.362. The van der Waals surface area contributed by atoms with Crippen LogP contribution in [-0.2, 0) is 64.0 Å². The third kappa shape index (κ3) is 17.2. The number of likely N-dealkylation sites (N-methyl/N-ethyl adjacent to an activating group) is 1. The van der Waals surface area contributed by atoms with Gasteiger partial charge in [0.2, 0.25) is 47.3 Å². The van der Waals surface area contributed by atoms with E-state index in [9.17, 15) is 33.9 Å². The van der Waals surface area contributed by atoms with Crippen molar-refractivity contribution in [2.45, 2.75) is 106 Å². The maximum absolute atomic E-state index is 15.1. The molecule has 434 valence electrons. The molecule has 0 spiro atoms. The lowest BCUT2D eigenvalue weighted by Gasteiger charge is -2.33. The van der Waals surface area contributed by atoms with Gasteiger partial charge < -0.3 is 64.1 Å². The summed E-state index contributed by atoms with van der Waals surface area (Å²) in [4.78, 5) is 124. The fourth-order valence-electron chi connectivity index (χ4n) is 9.43. The minimum absolute atomic E-state index is 0.0125. The van der Waals surface area contributed by atoms with Crippen LogP contribution in [0.5, 0.6) is 0 Å². The van der Waals surface area contributed by atoms with Crippen LogP contribution in [0.2, 0.25) is 5.02 Å². The molecule has 1 aliphatic heterocycles. The Balaban J connectivity index is 1.26. The first-order valence-electron chi connectivity index (χ1n) is 26.8. The van der Waals surface area contributed by atoms with Gasteiger partial charge in [0.1, 0.15) is 42.3 Å². The van der Waals surface area contributed by atoms with Gasteiger partial charge in [0.25, 0.3) is 0 Å². The van der Waals surface area contributed by atoms with E-state index in [1.807, 2.05) is 60.7 Å². The van der Waals surface area contributed by atoms with Crippen LogP contribution in [0.1, 0.15) is 48.4 Å². The summed E-state index contributed by atoms with van der Waals surface area (Å²) >= 11 is 6.12. The zero-order valence-corrected chi connectivity index (χ0v) is 47.7. The zero-order chi connectivity index (χ0) is 58.9. The average molecular weight is 1180 g/mol. The maximum atomic E-state index is 15.1. The number of nitrogens with one attached hydrogen (secondary N) is 7. The molecule has 1 saturated heterocycles. The van der Waals surface area contributed by atoms with Gasteiger partial charge in [-0.15, -0.1) is 0 Å². The SMILES string of the molecule is C[C@@H](O)[C@@H]1NC(=O)[C@H](CCCCN)NC(=O)[C@@H](Cc2c[nH]c3ccccc23)NC(=O)[C@H](Cc2cccnc2)N(C)C(=O)[C@H](NC(=O)[C@@H](N)Cc2ccc(Cl)cc2)CSSC[C@@H](C(=O)N[C@@H](Cc2ccc3ccccc3c2)C(N)=O)NC1=O. The van der Waals surface area contributed by atoms with Crippen molar-refractivity contribution in [3.63, 3.8) is 0 Å². The summed E-state index contributed by atoms with van der Waals surface area (Å²) < 4.78 is 0. The second-order valence-corrected chi connectivity index (χ2v) is 23.2. The van der Waals surface area contributed by atoms with Crippen LogP contribution in [0, 0.1) is 0 Å². The predicted molar refractivity (Wildman–Crippen MR) is 318 cm³/mol. The number of carbonyl (C=O) groups excluding carboxylic acids is 8. The molecule has 8 amide bonds. The number of halogens is 1. The molecule has 24 heteroatoms. The zero-order valence-electron chi connectivity index (χ0n) is 45.3. The molecular weight excluding hydrogens is 1110 g/mol. The largest absolute Gasteiger partial charge is 0.391 e. The van der Waals surface area contributed by atoms with Crippen molar-refractivity contribution < 1.29 is 43.5 Å². The minimum atomic E-state index is -1.70. The lowest BCUT2D eigenvalue weighted by atomic mass is 10.0. The number of amides is 8. The van der Waals surface area contributed by atoms with Gasteiger partial charge in [-0.05, 0) is 96.4 Å². The molecule has 9 atom stereocenters. The van der Waals surface area contributed by atoms with Crippen LogP contribution in [0.25, 0.3) is 21.7 Å². The molecule has 14 N–H and O–H groups in total. The number of pyridine rings is 1. The van der Waals surface area contributed by atoms with Gasteiger partial charge in [-0.25, -0.2) is 0 Å². The molecule has 2 aromatic heterocycles. The highest BCUT2D eigenvalue weighted by molar-refractivity contribution is 8.76. The third-order valence-electron chi connectivity index (χ3n) is 14.1. The second-order valence-electron chi connectivity index (χ2n) is 20.2. The number of unbranched alkanes of at least 4 members (excludes halogenated alkanes) is 1. The van der Waals surface area contributed by atoms with Crippen LogP contribution in [0.15, 0.2) is 122 Å². The molecule has 1 fully saturated rings. The number of para-hydroxylation sites is 1. The Morgan fingerprint density at radius 1 is 0.780 bits per heavy atom. The lowest BCUT2D eigenvalue weighted by Crippen LogP contribution is -2.62. The molecule has 82 heavy (non-hydrogen) atoms. The normalized spacial score (nSPS) is 21.0. The molecule has 0 saturated carbocycles. The smallest absolute Gasteiger partial charge is 0.246 e. The van der Waals surface area contributed by atoms with E-state index in [-0.39, 0.29) is 50.2 Å². The van der Waals surface area contributed by atoms with E-state index in [0.717, 1.165) is 43.3 Å². The van der Waals surface area contributed by atoms with Gasteiger partial charge in [-0.2, -0.15) is 0 Å². The molecule has 1 aliphatic rings. The van der Waals surface area contributed by atoms with Crippen molar-refractivity contribution >= 4 is 102 Å². The topological polar surface area (TPSA) is 339 Å². The van der Waals surface area contributed by atoms with Crippen molar-refractivity contribution in [1.29, 1.82) is 0 Å². The Morgan fingerprint density at radius 2 is 1.48 bits per heavy atom. The van der Waals surface area contributed by atoms with Crippen molar-refractivity contribution in [1.82, 2.24) is 46.8 Å². The van der Waals surface area contributed by atoms with Crippen molar-refractivity contribution in [3.8, 4) is 0 Å². The summed E-state index contributed by atoms with van der Waals surface area (Å²) in [5.41, 5.74) is 21.5. The van der Waals surface area contributed by atoms with E-state index < -0.39 is 102 Å². The summed E-state index contributed by atoms with van der Waals surface area (Å²) in [6.07, 6.45) is 3.86. The summed E-state index contributed by atoms with van der Waals surface area (Å²) in [6, 6.07) is 19.5. The number of fused-ring (bicyclic) bond motifs is 2. The minimum Gasteiger partial charge on any atom is -0.391 e. The van der Waals surface area contributed by atoms with E-state index in [4.69, 9.17) is 28.8 Å². The van der Waals surface area contributed by atoms with Gasteiger partial charge in [0, 0.05) is 72.3 Å². The molecule has 3 heterocycles. The first-order valence-corrected chi connectivity index (χ1v) is 29.7. The van der Waals surface area contributed by atoms with Gasteiger partial charge in [0.05, 0.1) is 12.1 Å². The van der Waals surface area contributed by atoms with Gasteiger partial charge in [-0.1, -0.05) is 112 Å². The molecule has 7 rings (SSSR count). The number of benzene rings is 4. The van der Waals surface area contributed by atoms with Crippen LogP contribution < -0.4 is 49.1 Å². The Hall–Kier alpha value is -7.54. The average Bonchev–Trinajstić information content (AvgIpc) is 3.88. The number of primary amides is 1. The number of hydrogen-bond acceptors (Lipinski definition) is 14. The van der Waals surface area contributed by atoms with E-state index in [0.29, 0.717) is 40.1 Å². The third-order valence-corrected chi connectivity index (χ3v) is 16.7. The highest BCUT2D eigenvalue weighted by Gasteiger charge is 2.38. The Morgan fingerprint density at radius 3 is 2.20 bits per heavy atom. The summed E-state index contributed by atoms with van der Waals surface area (Å²) in [5, 5.41) is 30.6. The number of H-pyrrole nitrogens is 1. The first kappa shape index (κ1) is 62.1. The van der Waals surface area contributed by atoms with Crippen LogP contribution in [0.4, 0.5) is 0 Å². The monoisotopic (exact) mass is 1180 g/mol. The van der Waals surface area contributed by atoms with E-state index >= 15 is 9.59 Å². The number of nitrogens with zero attached hydrogens (tertiary/aromatic N) is 2. The molecule has 0 aliphatic carbocycles. The number of hydrogen-bond donors (Lipinski definition) is 11. The van der Waals surface area contributed by atoms with E-state index in [2.05, 4.69) is 41.9 Å². The van der Waals surface area contributed by atoms with Crippen molar-refractivity contribution in [3.05, 3.63) is 149 Å². The molecule has 0 unspecified atom stereocenters. The van der Waals surface area contributed by atoms with Crippen LogP contribution in [0.3, 0.4) is 0 Å². The number of aromatic nitrogens is 2. The number of rotatable bonds is 18. The fourth-order valence-corrected chi connectivity index (χ4v) is 11.9. The van der Waals surface area contributed by atoms with Gasteiger partial charge in [0.15, 0.2) is 0 Å². The van der Waals surface area contributed by atoms with Crippen LogP contribution >= 0.6 is 33.2 Å². The molecule has 0 bridgehead atoms. The van der Waals surface area contributed by atoms with Gasteiger partial charge >= 0.3 is 0 Å². The molecular formula is C58H69ClN12O9S2. The number of aliphatic hydroxyl groups excluding tert-OH is 1. The molecule has 6 aromatic rings. The summed E-state index contributed by atoms with van der Waals surface area (Å²) in [5.74, 6) is -7.01. The standard InChI is InChI=1S/C58H69ClN12O9S2/c1-33(72)50-57(79)68-47(55(77)66-45(51(62)73)26-35-16-19-37-11-3-4-12-38(37)24-35)31-81-82-32-48(69-52(74)42(61)25-34-17-20-40(59)21-18-34)58(80)71(2)49(27-36-10-9-23-63-29-36)56(78)67-46(28-39-30-64-43-14-6-5-13-41(39)43)54(76)65-44(53(75)70-50)15-7-8-22-60/h3-6,9-14,16-21,23-24,29-30,33,42,44-50,64,72H,7-8,15,22,25-28,31-32,60-61H2,1-2H3,(H2,62,73)(H,65,76)(H,66,77)(H,67,78)(H,68,79)(H,69,74)(H,70,75)/t33-,42+,44+,45+,46-,47+,48-,49+,50+/m1/s1. The van der Waals surface area contributed by atoms with Crippen molar-refractivity contribution in [2.24, 2.45) is 17.2 Å². The number of aromatic amines is 1. The Kier molecular flexibility index (Phi) is 22.7. The van der Waals surface area contributed by atoms with E-state index in [1.54, 1.807) is 54.9 Å². The molecule has 21 nitrogen and oxygen atoms in total. The highest BCUT2D eigenvalue weighted by Crippen LogP contribution is 2.26. The van der Waals surface area contributed by atoms with Crippen LogP contribution in [-0.4, -0.2) is 147 Å². The second kappa shape index (κ2) is 30.0. The predicted octanol–water partition coefficient (Wildman–Crippen LogP) is 2.09. The highest BCUT2D eigenvalue weighted by atomic mass is 35.5. The van der Waals surface area contributed by atoms with E-state index in [1.165, 1.54) is 25.1 Å². The Labute approximate surface area is 487 Å². The molecule has 4 aromatic carbocycles. The number of nitrogens with two attached hydrogens (primary N) is 3. The number of carbonyl (C=O) groups is 8. The lowest BCUT2D eigenvalue weighted by molar-refractivity contribution is -0.142. The maximum Gasteiger partial charge on any atom is 0.246 e. The first-order chi connectivity index (χ1) is 39.4.